The van der Waals surface area contributed by atoms with Crippen molar-refractivity contribution in [2.75, 3.05) is 6.54 Å². The van der Waals surface area contributed by atoms with Crippen molar-refractivity contribution in [3.8, 4) is 0 Å². The monoisotopic (exact) mass is 695 g/mol. The lowest BCUT2D eigenvalue weighted by Gasteiger charge is -2.46. The van der Waals surface area contributed by atoms with Crippen LogP contribution in [0, 0.1) is 10.1 Å². The van der Waals surface area contributed by atoms with Gasteiger partial charge in [0.05, 0.1) is 36.0 Å². The lowest BCUT2D eigenvalue weighted by molar-refractivity contribution is -0.384. The number of aliphatic hydroxyl groups excluding tert-OH is 3. The van der Waals surface area contributed by atoms with E-state index in [0.717, 1.165) is 23.4 Å². The van der Waals surface area contributed by atoms with E-state index < -0.39 is 78.5 Å². The molecule has 3 heterocycles. The number of benzene rings is 2. The lowest BCUT2D eigenvalue weighted by Crippen LogP contribution is -2.68. The molecule has 1 fully saturated rings. The van der Waals surface area contributed by atoms with E-state index in [1.807, 2.05) is 0 Å². The number of carbonyl (C=O) groups excluding carboxylic acids is 2. The zero-order valence-electron chi connectivity index (χ0n) is 26.8. The SMILES string of the molecule is CC(=O)N[C@H]1[C@H]([C@H](O)[C@H](O)CNC(=O)c2ccccc2)O[C@@](OCc2cn(CCCc3c[nH]c4ccc([N+](=O)[O-])cc34)nn2)(C(=O)O)C[C@@H]1O. The normalized spacial score (nSPS) is 21.7. The number of carboxylic acids is 1. The number of rotatable bonds is 15. The van der Waals surface area contributed by atoms with Crippen LogP contribution in [-0.2, 0) is 38.6 Å². The van der Waals surface area contributed by atoms with Crippen molar-refractivity contribution in [3.63, 3.8) is 0 Å². The van der Waals surface area contributed by atoms with Gasteiger partial charge in [-0.15, -0.1) is 5.10 Å². The van der Waals surface area contributed by atoms with E-state index in [9.17, 15) is 44.9 Å². The van der Waals surface area contributed by atoms with Gasteiger partial charge in [0.2, 0.25) is 5.91 Å². The number of nitro benzene ring substituents is 1. The van der Waals surface area contributed by atoms with E-state index in [-0.39, 0.29) is 11.4 Å². The Morgan fingerprint density at radius 3 is 2.68 bits per heavy atom. The minimum Gasteiger partial charge on any atom is -0.477 e. The molecule has 0 saturated carbocycles. The van der Waals surface area contributed by atoms with Gasteiger partial charge in [0.15, 0.2) is 0 Å². The second-order valence-electron chi connectivity index (χ2n) is 11.9. The number of fused-ring (bicyclic) bond motifs is 1. The molecule has 6 atom stereocenters. The summed E-state index contributed by atoms with van der Waals surface area (Å²) >= 11 is 0. The molecule has 0 spiro atoms. The minimum atomic E-state index is -2.53. The number of nitro groups is 1. The van der Waals surface area contributed by atoms with Crippen LogP contribution in [0.5, 0.6) is 0 Å². The number of non-ortho nitro benzene ring substituents is 1. The van der Waals surface area contributed by atoms with Gasteiger partial charge < -0.3 is 45.5 Å². The number of carboxylic acid groups (broad SMARTS) is 1. The number of aryl methyl sites for hydroxylation is 2. The van der Waals surface area contributed by atoms with E-state index in [0.29, 0.717) is 24.9 Å². The number of aromatic amines is 1. The number of nitrogens with one attached hydrogen (secondary N) is 3. The standard InChI is InChI=1S/C32H37N7O11/c1-18(40)35-27-25(41)13-32(31(45)46,50-29(27)28(43)26(42)15-34-30(44)19-6-3-2-4-7-19)49-17-21-16-38(37-36-21)11-5-8-20-14-33-24-10-9-22(39(47)48)12-23(20)24/h2-4,6-7,9-10,12,14,16,25-29,33,41-43H,5,8,11,13,15,17H2,1H3,(H,34,44)(H,35,40)(H,45,46)/t25-,26+,27+,28+,29+,32+/m0/s1. The Balaban J connectivity index is 1.22. The van der Waals surface area contributed by atoms with Gasteiger partial charge in [-0.3, -0.25) is 24.4 Å². The molecule has 2 amide bonds. The average Bonchev–Trinajstić information content (AvgIpc) is 3.73. The maximum atomic E-state index is 12.6. The van der Waals surface area contributed by atoms with Gasteiger partial charge in [-0.05, 0) is 36.6 Å². The first-order valence-electron chi connectivity index (χ1n) is 15.7. The zero-order chi connectivity index (χ0) is 36.0. The highest BCUT2D eigenvalue weighted by molar-refractivity contribution is 5.94. The number of amides is 2. The van der Waals surface area contributed by atoms with Crippen molar-refractivity contribution < 1.29 is 49.2 Å². The van der Waals surface area contributed by atoms with Gasteiger partial charge in [-0.25, -0.2) is 4.79 Å². The van der Waals surface area contributed by atoms with E-state index in [4.69, 9.17) is 9.47 Å². The van der Waals surface area contributed by atoms with Gasteiger partial charge in [-0.1, -0.05) is 23.4 Å². The molecule has 5 rings (SSSR count). The smallest absolute Gasteiger partial charge is 0.364 e. The van der Waals surface area contributed by atoms with Crippen LogP contribution >= 0.6 is 0 Å². The summed E-state index contributed by atoms with van der Waals surface area (Å²) in [5.41, 5.74) is 2.17. The summed E-state index contributed by atoms with van der Waals surface area (Å²) in [5.74, 6) is -5.34. The van der Waals surface area contributed by atoms with E-state index in [2.05, 4.69) is 25.9 Å². The van der Waals surface area contributed by atoms with Crippen LogP contribution in [0.1, 0.15) is 41.4 Å². The molecule has 4 aromatic rings. The molecule has 2 aromatic heterocycles. The number of hydrogen-bond donors (Lipinski definition) is 7. The number of aliphatic hydroxyl groups is 3. The Morgan fingerprint density at radius 1 is 1.22 bits per heavy atom. The van der Waals surface area contributed by atoms with E-state index >= 15 is 0 Å². The molecule has 50 heavy (non-hydrogen) atoms. The molecule has 2 aromatic carbocycles. The Hall–Kier alpha value is -5.27. The Kier molecular flexibility index (Phi) is 11.2. The maximum absolute atomic E-state index is 12.6. The zero-order valence-corrected chi connectivity index (χ0v) is 26.8. The van der Waals surface area contributed by atoms with Crippen LogP contribution in [0.25, 0.3) is 10.9 Å². The van der Waals surface area contributed by atoms with E-state index in [1.54, 1.807) is 42.6 Å². The number of aromatic nitrogens is 4. The predicted octanol–water partition coefficient (Wildman–Crippen LogP) is 0.404. The molecule has 18 heteroatoms. The van der Waals surface area contributed by atoms with Crippen molar-refractivity contribution in [1.82, 2.24) is 30.6 Å². The molecule has 0 bridgehead atoms. The number of hydrogen-bond acceptors (Lipinski definition) is 12. The molecule has 266 valence electrons. The number of nitrogens with zero attached hydrogens (tertiary/aromatic N) is 4. The third-order valence-electron chi connectivity index (χ3n) is 8.34. The average molecular weight is 696 g/mol. The molecule has 1 aliphatic heterocycles. The van der Waals surface area contributed by atoms with Gasteiger partial charge in [0.1, 0.15) is 17.9 Å². The van der Waals surface area contributed by atoms with Gasteiger partial charge >= 0.3 is 5.97 Å². The predicted molar refractivity (Wildman–Crippen MR) is 172 cm³/mol. The summed E-state index contributed by atoms with van der Waals surface area (Å²) in [5, 5.41) is 67.9. The van der Waals surface area contributed by atoms with Crippen LogP contribution < -0.4 is 10.6 Å². The van der Waals surface area contributed by atoms with Crippen molar-refractivity contribution in [2.24, 2.45) is 0 Å². The van der Waals surface area contributed by atoms with Crippen LogP contribution in [0.2, 0.25) is 0 Å². The van der Waals surface area contributed by atoms with Crippen molar-refractivity contribution in [3.05, 3.63) is 87.9 Å². The second kappa shape index (κ2) is 15.5. The largest absolute Gasteiger partial charge is 0.477 e. The number of ether oxygens (including phenoxy) is 2. The second-order valence-corrected chi connectivity index (χ2v) is 11.9. The summed E-state index contributed by atoms with van der Waals surface area (Å²) < 4.78 is 13.0. The van der Waals surface area contributed by atoms with Gasteiger partial charge in [-0.2, -0.15) is 0 Å². The summed E-state index contributed by atoms with van der Waals surface area (Å²) in [6.45, 7) is 0.647. The summed E-state index contributed by atoms with van der Waals surface area (Å²) in [4.78, 5) is 50.8. The molecule has 1 aliphatic rings. The van der Waals surface area contributed by atoms with Crippen molar-refractivity contribution in [1.29, 1.82) is 0 Å². The summed E-state index contributed by atoms with van der Waals surface area (Å²) in [7, 11) is 0. The van der Waals surface area contributed by atoms with Crippen molar-refractivity contribution in [2.45, 2.75) is 75.6 Å². The first kappa shape index (κ1) is 36.0. The number of H-pyrrole nitrogens is 1. The fourth-order valence-electron chi connectivity index (χ4n) is 5.80. The third kappa shape index (κ3) is 8.29. The minimum absolute atomic E-state index is 0.0113. The third-order valence-corrected chi connectivity index (χ3v) is 8.34. The van der Waals surface area contributed by atoms with E-state index in [1.165, 1.54) is 23.0 Å². The molecule has 0 aliphatic carbocycles. The van der Waals surface area contributed by atoms with Crippen LogP contribution in [0.3, 0.4) is 0 Å². The molecule has 18 nitrogen and oxygen atoms in total. The first-order valence-corrected chi connectivity index (χ1v) is 15.7. The Bertz CT molecular complexity index is 1830. The van der Waals surface area contributed by atoms with Crippen molar-refractivity contribution >= 4 is 34.4 Å². The highest BCUT2D eigenvalue weighted by Gasteiger charge is 2.55. The fraction of sp³-hybridized carbons (Fsp3) is 0.406. The van der Waals surface area contributed by atoms with Crippen LogP contribution in [0.15, 0.2) is 60.9 Å². The van der Waals surface area contributed by atoms with Gasteiger partial charge in [0, 0.05) is 61.2 Å². The summed E-state index contributed by atoms with van der Waals surface area (Å²) in [6, 6.07) is 11.3. The molecule has 7 N–H and O–H groups in total. The highest BCUT2D eigenvalue weighted by atomic mass is 16.7. The van der Waals surface area contributed by atoms with Crippen LogP contribution in [0.4, 0.5) is 5.69 Å². The maximum Gasteiger partial charge on any atom is 0.364 e. The van der Waals surface area contributed by atoms with Crippen LogP contribution in [-0.4, -0.2) is 106 Å². The molecular formula is C32H37N7O11. The summed E-state index contributed by atoms with van der Waals surface area (Å²) in [6.07, 6.45) is -3.08. The first-order chi connectivity index (χ1) is 23.9. The lowest BCUT2D eigenvalue weighted by atomic mass is 9.88. The fourth-order valence-corrected chi connectivity index (χ4v) is 5.80. The topological polar surface area (TPSA) is 264 Å². The number of carbonyl (C=O) groups is 3. The number of aliphatic carboxylic acids is 1. The Morgan fingerprint density at radius 2 is 1.98 bits per heavy atom. The quantitative estimate of drug-likeness (QED) is 0.0657. The molecule has 0 radical (unpaired) electrons. The molecular weight excluding hydrogens is 658 g/mol. The molecule has 0 unspecified atom stereocenters. The van der Waals surface area contributed by atoms with Gasteiger partial charge in [0.25, 0.3) is 17.4 Å². The molecule has 1 saturated heterocycles. The highest BCUT2D eigenvalue weighted by Crippen LogP contribution is 2.34. The Labute approximate surface area is 284 Å².